The maximum atomic E-state index is 2.55. The van der Waals surface area contributed by atoms with Crippen LogP contribution < -0.4 is 0 Å². The van der Waals surface area contributed by atoms with Gasteiger partial charge >= 0.3 is 0 Å². The average Bonchev–Trinajstić information content (AvgIpc) is 2.13. The molecule has 0 N–H and O–H groups in total. The highest BCUT2D eigenvalue weighted by atomic mass is 15.1. The number of rotatable bonds is 1. The Morgan fingerprint density at radius 2 is 1.75 bits per heavy atom. The Morgan fingerprint density at radius 1 is 1.17 bits per heavy atom. The summed E-state index contributed by atoms with van der Waals surface area (Å²) in [5.74, 6) is 1.86. The van der Waals surface area contributed by atoms with E-state index in [-0.39, 0.29) is 0 Å². The number of likely N-dealkylation sites (tertiary alicyclic amines) is 1. The van der Waals surface area contributed by atoms with Crippen LogP contribution in [-0.2, 0) is 0 Å². The van der Waals surface area contributed by atoms with Gasteiger partial charge in [0.05, 0.1) is 0 Å². The summed E-state index contributed by atoms with van der Waals surface area (Å²) in [5, 5.41) is 0. The second-order valence-electron chi connectivity index (χ2n) is 3.64. The molecule has 0 amide bonds. The lowest BCUT2D eigenvalue weighted by atomic mass is 9.89. The summed E-state index contributed by atoms with van der Waals surface area (Å²) in [6.45, 7) is 14.9. The molecule has 0 aromatic rings. The van der Waals surface area contributed by atoms with E-state index in [1.807, 2.05) is 13.8 Å². The number of piperidine rings is 1. The van der Waals surface area contributed by atoms with E-state index >= 15 is 0 Å². The third kappa shape index (κ3) is 3.57. The zero-order valence-electron chi connectivity index (χ0n) is 9.43. The lowest BCUT2D eigenvalue weighted by Gasteiger charge is -2.34. The molecule has 0 aromatic heterocycles. The van der Waals surface area contributed by atoms with Crippen molar-refractivity contribution in [2.24, 2.45) is 11.8 Å². The van der Waals surface area contributed by atoms with Crippen molar-refractivity contribution in [1.29, 1.82) is 0 Å². The zero-order chi connectivity index (χ0) is 9.56. The average molecular weight is 171 g/mol. The predicted octanol–water partition coefficient (Wildman–Crippen LogP) is 3.01. The van der Waals surface area contributed by atoms with Crippen LogP contribution >= 0.6 is 0 Å². The minimum absolute atomic E-state index is 0.911. The number of nitrogens with zero attached hydrogens (tertiary/aromatic N) is 1. The molecule has 0 aromatic carbocycles. The van der Waals surface area contributed by atoms with E-state index in [0.717, 1.165) is 11.8 Å². The smallest absolute Gasteiger partial charge is 0.000946 e. The molecule has 2 unspecified atom stereocenters. The van der Waals surface area contributed by atoms with Gasteiger partial charge in [-0.15, -0.1) is 0 Å². The summed E-state index contributed by atoms with van der Waals surface area (Å²) in [4.78, 5) is 2.55. The Labute approximate surface area is 78.1 Å². The summed E-state index contributed by atoms with van der Waals surface area (Å²) < 4.78 is 0. The fraction of sp³-hybridized carbons (Fsp3) is 1.00. The monoisotopic (exact) mass is 171 g/mol. The van der Waals surface area contributed by atoms with Gasteiger partial charge in [0.2, 0.25) is 0 Å². The molecule has 1 rings (SSSR count). The molecule has 1 heterocycles. The highest BCUT2D eigenvalue weighted by Gasteiger charge is 2.20. The van der Waals surface area contributed by atoms with Crippen molar-refractivity contribution >= 4 is 0 Å². The number of hydrogen-bond donors (Lipinski definition) is 0. The Hall–Kier alpha value is -0.0400. The Kier molecular flexibility index (Phi) is 6.45. The van der Waals surface area contributed by atoms with E-state index in [0.29, 0.717) is 0 Å². The topological polar surface area (TPSA) is 3.24 Å². The molecule has 0 spiro atoms. The maximum absolute atomic E-state index is 2.55. The number of hydrogen-bond acceptors (Lipinski definition) is 1. The van der Waals surface area contributed by atoms with Crippen molar-refractivity contribution in [2.75, 3.05) is 19.6 Å². The summed E-state index contributed by atoms with van der Waals surface area (Å²) in [7, 11) is 0. The molecule has 2 atom stereocenters. The van der Waals surface area contributed by atoms with Crippen molar-refractivity contribution in [2.45, 2.75) is 41.0 Å². The lowest BCUT2D eigenvalue weighted by Crippen LogP contribution is -2.37. The summed E-state index contributed by atoms with van der Waals surface area (Å²) in [5.41, 5.74) is 0. The largest absolute Gasteiger partial charge is 0.303 e. The van der Waals surface area contributed by atoms with Crippen LogP contribution in [0, 0.1) is 11.8 Å². The van der Waals surface area contributed by atoms with Gasteiger partial charge < -0.3 is 4.90 Å². The summed E-state index contributed by atoms with van der Waals surface area (Å²) in [6.07, 6.45) is 1.40. The van der Waals surface area contributed by atoms with Crippen LogP contribution in [0.15, 0.2) is 0 Å². The Bertz CT molecular complexity index is 101. The molecule has 1 heteroatoms. The molecule has 1 saturated heterocycles. The van der Waals surface area contributed by atoms with Gasteiger partial charge in [-0.3, -0.25) is 0 Å². The molecule has 0 saturated carbocycles. The molecule has 12 heavy (non-hydrogen) atoms. The van der Waals surface area contributed by atoms with Crippen LogP contribution in [0.4, 0.5) is 0 Å². The summed E-state index contributed by atoms with van der Waals surface area (Å²) in [6, 6.07) is 0. The van der Waals surface area contributed by atoms with E-state index in [9.17, 15) is 0 Å². The molecule has 1 nitrogen and oxygen atoms in total. The van der Waals surface area contributed by atoms with Crippen LogP contribution in [0.2, 0.25) is 0 Å². The molecule has 1 aliphatic rings. The second kappa shape index (κ2) is 6.47. The van der Waals surface area contributed by atoms with E-state index in [1.165, 1.54) is 26.1 Å². The van der Waals surface area contributed by atoms with Crippen molar-refractivity contribution < 1.29 is 0 Å². The van der Waals surface area contributed by atoms with Crippen LogP contribution in [-0.4, -0.2) is 24.5 Å². The minimum Gasteiger partial charge on any atom is -0.303 e. The van der Waals surface area contributed by atoms with E-state index in [1.54, 1.807) is 0 Å². The van der Waals surface area contributed by atoms with Gasteiger partial charge in [-0.1, -0.05) is 34.6 Å². The third-order valence-corrected chi connectivity index (χ3v) is 2.87. The standard InChI is InChI=1S/C9H19N.C2H6/c1-4-10-6-5-8(2)9(3)7-10;1-2/h8-9H,4-7H2,1-3H3;1-2H3. The first-order chi connectivity index (χ1) is 5.74. The molecule has 0 radical (unpaired) electrons. The molecular weight excluding hydrogens is 146 g/mol. The lowest BCUT2D eigenvalue weighted by molar-refractivity contribution is 0.145. The van der Waals surface area contributed by atoms with E-state index in [4.69, 9.17) is 0 Å². The van der Waals surface area contributed by atoms with Gasteiger partial charge in [0.1, 0.15) is 0 Å². The van der Waals surface area contributed by atoms with Gasteiger partial charge in [0, 0.05) is 6.54 Å². The van der Waals surface area contributed by atoms with Gasteiger partial charge in [0.25, 0.3) is 0 Å². The molecule has 0 bridgehead atoms. The van der Waals surface area contributed by atoms with E-state index < -0.39 is 0 Å². The SMILES string of the molecule is CC.CCN1CCC(C)C(C)C1. The first kappa shape index (κ1) is 12.0. The first-order valence-electron chi connectivity index (χ1n) is 5.46. The summed E-state index contributed by atoms with van der Waals surface area (Å²) >= 11 is 0. The highest BCUT2D eigenvalue weighted by Crippen LogP contribution is 2.21. The first-order valence-corrected chi connectivity index (χ1v) is 5.46. The normalized spacial score (nSPS) is 30.8. The molecular formula is C11H25N. The quantitative estimate of drug-likeness (QED) is 0.586. The molecule has 1 fully saturated rings. The van der Waals surface area contributed by atoms with Crippen LogP contribution in [0.1, 0.15) is 41.0 Å². The van der Waals surface area contributed by atoms with Gasteiger partial charge in [-0.05, 0) is 31.3 Å². The third-order valence-electron chi connectivity index (χ3n) is 2.87. The van der Waals surface area contributed by atoms with Crippen molar-refractivity contribution in [3.8, 4) is 0 Å². The van der Waals surface area contributed by atoms with Gasteiger partial charge in [-0.2, -0.15) is 0 Å². The van der Waals surface area contributed by atoms with Crippen molar-refractivity contribution in [3.05, 3.63) is 0 Å². The van der Waals surface area contributed by atoms with Gasteiger partial charge in [-0.25, -0.2) is 0 Å². The molecule has 74 valence electrons. The Balaban J connectivity index is 0.000000561. The van der Waals surface area contributed by atoms with Gasteiger partial charge in [0.15, 0.2) is 0 Å². The molecule has 1 aliphatic heterocycles. The zero-order valence-corrected chi connectivity index (χ0v) is 9.43. The minimum atomic E-state index is 0.911. The fourth-order valence-electron chi connectivity index (χ4n) is 1.64. The molecule has 0 aliphatic carbocycles. The van der Waals surface area contributed by atoms with Crippen LogP contribution in [0.5, 0.6) is 0 Å². The van der Waals surface area contributed by atoms with Crippen LogP contribution in [0.3, 0.4) is 0 Å². The fourth-order valence-corrected chi connectivity index (χ4v) is 1.64. The van der Waals surface area contributed by atoms with Crippen molar-refractivity contribution in [1.82, 2.24) is 4.90 Å². The maximum Gasteiger partial charge on any atom is 0.000946 e. The van der Waals surface area contributed by atoms with Crippen LogP contribution in [0.25, 0.3) is 0 Å². The van der Waals surface area contributed by atoms with E-state index in [2.05, 4.69) is 25.7 Å². The second-order valence-corrected chi connectivity index (χ2v) is 3.64. The highest BCUT2D eigenvalue weighted by molar-refractivity contribution is 4.73. The Morgan fingerprint density at radius 3 is 2.17 bits per heavy atom. The predicted molar refractivity (Wildman–Crippen MR) is 56.4 cm³/mol. The van der Waals surface area contributed by atoms with Crippen molar-refractivity contribution in [3.63, 3.8) is 0 Å².